The van der Waals surface area contributed by atoms with E-state index in [0.29, 0.717) is 0 Å². The molecule has 9 heteroatoms. The molecular weight excluding hydrogens is 365 g/mol. The highest BCUT2D eigenvalue weighted by atomic mass is 35.5. The van der Waals surface area contributed by atoms with Crippen molar-refractivity contribution in [3.63, 3.8) is 0 Å². The van der Waals surface area contributed by atoms with Gasteiger partial charge in [-0.2, -0.15) is 13.2 Å². The first-order chi connectivity index (χ1) is 10.9. The van der Waals surface area contributed by atoms with Crippen molar-refractivity contribution in [2.45, 2.75) is 11.1 Å². The second-order valence-electron chi connectivity index (χ2n) is 5.23. The Hall–Kier alpha value is -1.77. The van der Waals surface area contributed by atoms with Crippen LogP contribution in [0.5, 0.6) is 0 Å². The molecule has 2 aromatic carbocycles. The molecule has 0 spiro atoms. The molecule has 0 unspecified atom stereocenters. The first-order valence-electron chi connectivity index (χ1n) is 6.64. The van der Waals surface area contributed by atoms with Crippen molar-refractivity contribution in [2.24, 2.45) is 0 Å². The zero-order chi connectivity index (χ0) is 18.3. The summed E-state index contributed by atoms with van der Waals surface area (Å²) in [5.74, 6) is 0. The average Bonchev–Trinajstić information content (AvgIpc) is 2.45. The van der Waals surface area contributed by atoms with E-state index < -0.39 is 21.8 Å². The molecule has 2 aromatic rings. The van der Waals surface area contributed by atoms with Gasteiger partial charge in [0.05, 0.1) is 15.5 Å². The van der Waals surface area contributed by atoms with Gasteiger partial charge in [-0.1, -0.05) is 23.7 Å². The third-order valence-electron chi connectivity index (χ3n) is 3.34. The molecule has 24 heavy (non-hydrogen) atoms. The van der Waals surface area contributed by atoms with Gasteiger partial charge in [0.25, 0.3) is 0 Å². The van der Waals surface area contributed by atoms with Crippen LogP contribution in [0, 0.1) is 0 Å². The maximum absolute atomic E-state index is 13.3. The Morgan fingerprint density at radius 1 is 1.08 bits per heavy atom. The van der Waals surface area contributed by atoms with Crippen LogP contribution in [-0.2, 0) is 16.2 Å². The fourth-order valence-electron chi connectivity index (χ4n) is 2.15. The van der Waals surface area contributed by atoms with Crippen LogP contribution in [0.3, 0.4) is 0 Å². The van der Waals surface area contributed by atoms with Gasteiger partial charge in [0.15, 0.2) is 0 Å². The molecule has 0 radical (unpaired) electrons. The molecule has 2 N–H and O–H groups in total. The second-order valence-corrected chi connectivity index (χ2v) is 7.79. The number of nitrogens with two attached hydrogens (primary N) is 1. The second kappa shape index (κ2) is 6.27. The van der Waals surface area contributed by atoms with Crippen molar-refractivity contribution in [3.05, 3.63) is 47.0 Å². The smallest absolute Gasteiger partial charge is 0.399 e. The van der Waals surface area contributed by atoms with Gasteiger partial charge in [0.1, 0.15) is 0 Å². The number of halogens is 4. The number of hydrogen-bond donors (Lipinski definition) is 1. The predicted molar refractivity (Wildman–Crippen MR) is 87.2 cm³/mol. The summed E-state index contributed by atoms with van der Waals surface area (Å²) in [4.78, 5) is -0.0311. The number of benzene rings is 2. The van der Waals surface area contributed by atoms with Crippen LogP contribution in [0.25, 0.3) is 11.1 Å². The summed E-state index contributed by atoms with van der Waals surface area (Å²) >= 11 is 5.95. The van der Waals surface area contributed by atoms with E-state index in [4.69, 9.17) is 17.3 Å². The van der Waals surface area contributed by atoms with E-state index in [9.17, 15) is 21.6 Å². The van der Waals surface area contributed by atoms with Crippen LogP contribution in [0.4, 0.5) is 18.9 Å². The quantitative estimate of drug-likeness (QED) is 0.825. The number of nitrogen functional groups attached to an aromatic ring is 1. The Labute approximate surface area is 142 Å². The summed E-state index contributed by atoms with van der Waals surface area (Å²) in [7, 11) is -0.947. The number of rotatable bonds is 3. The number of hydrogen-bond acceptors (Lipinski definition) is 3. The maximum atomic E-state index is 13.3. The van der Waals surface area contributed by atoms with Crippen molar-refractivity contribution in [1.29, 1.82) is 0 Å². The van der Waals surface area contributed by atoms with Crippen LogP contribution in [0.15, 0.2) is 41.3 Å². The molecule has 0 aliphatic carbocycles. The Morgan fingerprint density at radius 2 is 1.62 bits per heavy atom. The molecule has 0 fully saturated rings. The van der Waals surface area contributed by atoms with Crippen molar-refractivity contribution in [1.82, 2.24) is 4.31 Å². The first-order valence-corrected chi connectivity index (χ1v) is 8.45. The lowest BCUT2D eigenvalue weighted by Gasteiger charge is -2.16. The Balaban J connectivity index is 2.62. The third-order valence-corrected chi connectivity index (χ3v) is 5.47. The minimum Gasteiger partial charge on any atom is -0.399 e. The Morgan fingerprint density at radius 3 is 2.08 bits per heavy atom. The standard InChI is InChI=1S/C15H14ClF3N2O2S/c1-21(2)24(22,23)11-5-3-9(4-6-11)14-12(15(17,18)19)7-10(20)8-13(14)16/h3-8H,20H2,1-2H3. The first kappa shape index (κ1) is 18.6. The van der Waals surface area contributed by atoms with Gasteiger partial charge in [-0.15, -0.1) is 0 Å². The number of nitrogens with zero attached hydrogens (tertiary/aromatic N) is 1. The van der Waals surface area contributed by atoms with Gasteiger partial charge in [0.2, 0.25) is 10.0 Å². The van der Waals surface area contributed by atoms with Crippen molar-refractivity contribution < 1.29 is 21.6 Å². The van der Waals surface area contributed by atoms with Gasteiger partial charge in [-0.3, -0.25) is 0 Å². The lowest BCUT2D eigenvalue weighted by atomic mass is 9.98. The largest absolute Gasteiger partial charge is 0.417 e. The average molecular weight is 379 g/mol. The summed E-state index contributed by atoms with van der Waals surface area (Å²) in [5, 5.41) is -0.162. The van der Waals surface area contributed by atoms with Crippen LogP contribution in [0.2, 0.25) is 5.02 Å². The zero-order valence-corrected chi connectivity index (χ0v) is 14.3. The van der Waals surface area contributed by atoms with Crippen LogP contribution in [0.1, 0.15) is 5.56 Å². The highest BCUT2D eigenvalue weighted by Gasteiger charge is 2.35. The minimum absolute atomic E-state index is 0.0311. The van der Waals surface area contributed by atoms with Gasteiger partial charge < -0.3 is 5.73 Å². The van der Waals surface area contributed by atoms with Crippen LogP contribution in [-0.4, -0.2) is 26.8 Å². The summed E-state index contributed by atoms with van der Waals surface area (Å²) in [6.07, 6.45) is -4.65. The number of sulfonamides is 1. The molecule has 2 rings (SSSR count). The Bertz CT molecular complexity index is 864. The predicted octanol–water partition coefficient (Wildman–Crippen LogP) is 3.86. The maximum Gasteiger partial charge on any atom is 0.417 e. The molecule has 4 nitrogen and oxygen atoms in total. The summed E-state index contributed by atoms with van der Waals surface area (Å²) in [6.45, 7) is 0. The molecule has 0 saturated heterocycles. The topological polar surface area (TPSA) is 63.4 Å². The van der Waals surface area contributed by atoms with Gasteiger partial charge >= 0.3 is 6.18 Å². The van der Waals surface area contributed by atoms with Gasteiger partial charge in [-0.05, 0) is 29.8 Å². The third kappa shape index (κ3) is 3.50. The molecule has 0 aliphatic heterocycles. The van der Waals surface area contributed by atoms with Crippen LogP contribution < -0.4 is 5.73 Å². The molecule has 0 bridgehead atoms. The van der Waals surface area contributed by atoms with E-state index in [1.807, 2.05) is 0 Å². The molecule has 0 aliphatic rings. The molecule has 0 aromatic heterocycles. The van der Waals surface area contributed by atoms with Gasteiger partial charge in [0, 0.05) is 25.3 Å². The highest BCUT2D eigenvalue weighted by molar-refractivity contribution is 7.89. The number of anilines is 1. The highest BCUT2D eigenvalue weighted by Crippen LogP contribution is 2.42. The van der Waals surface area contributed by atoms with Crippen molar-refractivity contribution in [3.8, 4) is 11.1 Å². The van der Waals surface area contributed by atoms with E-state index in [0.717, 1.165) is 10.4 Å². The number of alkyl halides is 3. The molecule has 0 saturated carbocycles. The van der Waals surface area contributed by atoms with E-state index in [-0.39, 0.29) is 26.7 Å². The lowest BCUT2D eigenvalue weighted by Crippen LogP contribution is -2.22. The molecule has 0 amide bonds. The molecule has 0 heterocycles. The fourth-order valence-corrected chi connectivity index (χ4v) is 3.39. The normalized spacial score (nSPS) is 12.6. The lowest BCUT2D eigenvalue weighted by molar-refractivity contribution is -0.137. The van der Waals surface area contributed by atoms with Gasteiger partial charge in [-0.25, -0.2) is 12.7 Å². The summed E-state index contributed by atoms with van der Waals surface area (Å²) < 4.78 is 64.8. The summed E-state index contributed by atoms with van der Waals surface area (Å²) in [5.41, 5.74) is 4.26. The van der Waals surface area contributed by atoms with E-state index >= 15 is 0 Å². The molecule has 0 atom stereocenters. The van der Waals surface area contributed by atoms with Crippen LogP contribution >= 0.6 is 11.6 Å². The van der Waals surface area contributed by atoms with Crippen molar-refractivity contribution >= 4 is 27.3 Å². The monoisotopic (exact) mass is 378 g/mol. The minimum atomic E-state index is -4.65. The van der Waals surface area contributed by atoms with Crippen molar-refractivity contribution in [2.75, 3.05) is 19.8 Å². The van der Waals surface area contributed by atoms with E-state index in [1.54, 1.807) is 0 Å². The SMILES string of the molecule is CN(C)S(=O)(=O)c1ccc(-c2c(Cl)cc(N)cc2C(F)(F)F)cc1. The Kier molecular flexibility index (Phi) is 4.85. The fraction of sp³-hybridized carbons (Fsp3) is 0.200. The van der Waals surface area contributed by atoms with E-state index in [2.05, 4.69) is 0 Å². The summed E-state index contributed by atoms with van der Waals surface area (Å²) in [6, 6.07) is 7.05. The molecular formula is C15H14ClF3N2O2S. The van der Waals surface area contributed by atoms with E-state index in [1.165, 1.54) is 44.4 Å². The zero-order valence-electron chi connectivity index (χ0n) is 12.7. The molecule has 130 valence electrons.